The van der Waals surface area contributed by atoms with Crippen molar-refractivity contribution in [3.05, 3.63) is 66.2 Å². The van der Waals surface area contributed by atoms with Crippen LogP contribution in [0.15, 0.2) is 60.7 Å². The van der Waals surface area contributed by atoms with E-state index in [1.54, 1.807) is 0 Å². The lowest BCUT2D eigenvalue weighted by Gasteiger charge is -2.21. The summed E-state index contributed by atoms with van der Waals surface area (Å²) < 4.78 is 0. The molecule has 1 amide bonds. The van der Waals surface area contributed by atoms with Crippen molar-refractivity contribution in [1.29, 1.82) is 0 Å². The molecule has 0 aromatic heterocycles. The lowest BCUT2D eigenvalue weighted by molar-refractivity contribution is -0.120. The molecule has 0 spiro atoms. The number of anilines is 1. The number of nitrogens with one attached hydrogen (secondary N) is 2. The second-order valence-corrected chi connectivity index (χ2v) is 5.09. The number of carbonyl (C=O) groups excluding carboxylic acids is 1. The number of amides is 1. The molecular weight excluding hydrogens is 284 g/mol. The van der Waals surface area contributed by atoms with E-state index >= 15 is 0 Å². The van der Waals surface area contributed by atoms with E-state index in [4.69, 9.17) is 11.6 Å². The van der Waals surface area contributed by atoms with Crippen molar-refractivity contribution >= 4 is 23.2 Å². The summed E-state index contributed by atoms with van der Waals surface area (Å²) in [6, 6.07) is 20.1. The molecule has 0 aliphatic carbocycles. The molecular formula is C17H19ClN2O. The van der Waals surface area contributed by atoms with E-state index in [-0.39, 0.29) is 11.9 Å². The molecule has 21 heavy (non-hydrogen) atoms. The molecule has 0 saturated carbocycles. The first-order valence-electron chi connectivity index (χ1n) is 6.99. The zero-order valence-corrected chi connectivity index (χ0v) is 12.5. The molecule has 2 aromatic rings. The minimum Gasteiger partial charge on any atom is -0.376 e. The summed E-state index contributed by atoms with van der Waals surface area (Å²) in [5, 5.41) is 6.36. The van der Waals surface area contributed by atoms with Crippen molar-refractivity contribution in [2.75, 3.05) is 17.7 Å². The van der Waals surface area contributed by atoms with Crippen LogP contribution in [0.3, 0.4) is 0 Å². The van der Waals surface area contributed by atoms with E-state index in [9.17, 15) is 4.79 Å². The van der Waals surface area contributed by atoms with Gasteiger partial charge in [-0.2, -0.15) is 0 Å². The van der Waals surface area contributed by atoms with Crippen LogP contribution in [0.1, 0.15) is 18.0 Å². The lowest BCUT2D eigenvalue weighted by Crippen LogP contribution is -2.31. The molecule has 0 fully saturated rings. The van der Waals surface area contributed by atoms with Crippen LogP contribution in [0.4, 0.5) is 5.69 Å². The number of para-hydroxylation sites is 1. The molecule has 1 unspecified atom stereocenters. The van der Waals surface area contributed by atoms with Crippen molar-refractivity contribution in [3.8, 4) is 0 Å². The van der Waals surface area contributed by atoms with Crippen LogP contribution in [-0.4, -0.2) is 18.3 Å². The molecule has 0 aliphatic rings. The molecule has 0 heterocycles. The fourth-order valence-electron chi connectivity index (χ4n) is 2.06. The van der Waals surface area contributed by atoms with Gasteiger partial charge in [0.15, 0.2) is 0 Å². The van der Waals surface area contributed by atoms with E-state index in [1.807, 2.05) is 60.7 Å². The molecule has 0 bridgehead atoms. The fourth-order valence-corrected chi connectivity index (χ4v) is 2.23. The molecule has 1 atom stereocenters. The van der Waals surface area contributed by atoms with Gasteiger partial charge in [0.2, 0.25) is 5.91 Å². The van der Waals surface area contributed by atoms with E-state index in [1.165, 1.54) is 0 Å². The number of carbonyl (C=O) groups is 1. The van der Waals surface area contributed by atoms with Gasteiger partial charge >= 0.3 is 0 Å². The Kier molecular flexibility index (Phi) is 6.10. The largest absolute Gasteiger partial charge is 0.376 e. The van der Waals surface area contributed by atoms with Gasteiger partial charge in [-0.3, -0.25) is 4.79 Å². The van der Waals surface area contributed by atoms with Crippen LogP contribution < -0.4 is 10.6 Å². The van der Waals surface area contributed by atoms with Crippen LogP contribution in [-0.2, 0) is 4.79 Å². The summed E-state index contributed by atoms with van der Waals surface area (Å²) in [7, 11) is 0. The Hall–Kier alpha value is -2.00. The average molecular weight is 303 g/mol. The third-order valence-corrected chi connectivity index (χ3v) is 3.33. The maximum atomic E-state index is 11.6. The van der Waals surface area contributed by atoms with Crippen LogP contribution in [0.25, 0.3) is 0 Å². The van der Waals surface area contributed by atoms with Crippen molar-refractivity contribution in [2.45, 2.75) is 12.5 Å². The first-order chi connectivity index (χ1) is 10.3. The number of benzene rings is 2. The Morgan fingerprint density at radius 1 is 1.00 bits per heavy atom. The first kappa shape index (κ1) is 15.4. The zero-order chi connectivity index (χ0) is 14.9. The van der Waals surface area contributed by atoms with Crippen LogP contribution >= 0.6 is 11.6 Å². The quantitative estimate of drug-likeness (QED) is 0.768. The number of hydrogen-bond acceptors (Lipinski definition) is 2. The van der Waals surface area contributed by atoms with Gasteiger partial charge in [0.05, 0.1) is 6.04 Å². The van der Waals surface area contributed by atoms with Gasteiger partial charge in [0.1, 0.15) is 0 Å². The highest BCUT2D eigenvalue weighted by atomic mass is 35.5. The zero-order valence-electron chi connectivity index (χ0n) is 11.8. The predicted octanol–water partition coefficient (Wildman–Crippen LogP) is 3.58. The standard InChI is InChI=1S/C17H19ClN2O/c18-12-11-17(21)19-13-16(14-7-3-1-4-8-14)20-15-9-5-2-6-10-15/h1-10,16,20H,11-13H2,(H,19,21). The summed E-state index contributed by atoms with van der Waals surface area (Å²) in [6.45, 7) is 0.522. The van der Waals surface area contributed by atoms with Gasteiger partial charge in [0, 0.05) is 24.5 Å². The number of alkyl halides is 1. The maximum absolute atomic E-state index is 11.6. The molecule has 2 N–H and O–H groups in total. The Bertz CT molecular complexity index is 545. The molecule has 2 rings (SSSR count). The van der Waals surface area contributed by atoms with Gasteiger partial charge in [0.25, 0.3) is 0 Å². The van der Waals surface area contributed by atoms with Gasteiger partial charge < -0.3 is 10.6 Å². The van der Waals surface area contributed by atoms with E-state index < -0.39 is 0 Å². The first-order valence-corrected chi connectivity index (χ1v) is 7.52. The second-order valence-electron chi connectivity index (χ2n) is 4.72. The predicted molar refractivity (Wildman–Crippen MR) is 87.6 cm³/mol. The normalized spacial score (nSPS) is 11.7. The van der Waals surface area contributed by atoms with E-state index in [0.717, 1.165) is 11.3 Å². The highest BCUT2D eigenvalue weighted by Crippen LogP contribution is 2.18. The van der Waals surface area contributed by atoms with Gasteiger partial charge in [-0.05, 0) is 17.7 Å². The molecule has 0 radical (unpaired) electrons. The topological polar surface area (TPSA) is 41.1 Å². The number of halogens is 1. The number of rotatable bonds is 7. The summed E-state index contributed by atoms with van der Waals surface area (Å²) in [5.41, 5.74) is 2.16. The Morgan fingerprint density at radius 3 is 2.24 bits per heavy atom. The molecule has 3 nitrogen and oxygen atoms in total. The van der Waals surface area contributed by atoms with Crippen molar-refractivity contribution in [1.82, 2.24) is 5.32 Å². The van der Waals surface area contributed by atoms with E-state index in [0.29, 0.717) is 18.8 Å². The van der Waals surface area contributed by atoms with E-state index in [2.05, 4.69) is 10.6 Å². The maximum Gasteiger partial charge on any atom is 0.221 e. The summed E-state index contributed by atoms with van der Waals surface area (Å²) in [5.74, 6) is 0.314. The molecule has 0 saturated heterocycles. The Balaban J connectivity index is 2.06. The average Bonchev–Trinajstić information content (AvgIpc) is 2.53. The number of hydrogen-bond donors (Lipinski definition) is 2. The molecule has 4 heteroatoms. The Morgan fingerprint density at radius 2 is 1.62 bits per heavy atom. The summed E-state index contributed by atoms with van der Waals surface area (Å²) in [4.78, 5) is 11.6. The van der Waals surface area contributed by atoms with Crippen molar-refractivity contribution < 1.29 is 4.79 Å². The summed E-state index contributed by atoms with van der Waals surface area (Å²) in [6.07, 6.45) is 0.342. The van der Waals surface area contributed by atoms with Crippen LogP contribution in [0.2, 0.25) is 0 Å². The lowest BCUT2D eigenvalue weighted by atomic mass is 10.1. The minimum atomic E-state index is -0.0270. The third kappa shape index (κ3) is 5.12. The third-order valence-electron chi connectivity index (χ3n) is 3.14. The summed E-state index contributed by atoms with van der Waals surface area (Å²) >= 11 is 5.58. The van der Waals surface area contributed by atoms with Gasteiger partial charge in [-0.25, -0.2) is 0 Å². The highest BCUT2D eigenvalue weighted by molar-refractivity contribution is 6.18. The molecule has 0 aliphatic heterocycles. The van der Waals surface area contributed by atoms with Crippen LogP contribution in [0.5, 0.6) is 0 Å². The Labute approximate surface area is 130 Å². The van der Waals surface area contributed by atoms with Gasteiger partial charge in [-0.1, -0.05) is 48.5 Å². The smallest absolute Gasteiger partial charge is 0.221 e. The second kappa shape index (κ2) is 8.32. The van der Waals surface area contributed by atoms with Crippen molar-refractivity contribution in [2.24, 2.45) is 0 Å². The van der Waals surface area contributed by atoms with Gasteiger partial charge in [-0.15, -0.1) is 11.6 Å². The fraction of sp³-hybridized carbons (Fsp3) is 0.235. The minimum absolute atomic E-state index is 0.0212. The monoisotopic (exact) mass is 302 g/mol. The highest BCUT2D eigenvalue weighted by Gasteiger charge is 2.12. The SMILES string of the molecule is O=C(CCCl)NCC(Nc1ccccc1)c1ccccc1. The van der Waals surface area contributed by atoms with Crippen molar-refractivity contribution in [3.63, 3.8) is 0 Å². The molecule has 110 valence electrons. The molecule has 2 aromatic carbocycles. The van der Waals surface area contributed by atoms with Crippen LogP contribution in [0, 0.1) is 0 Å².